The topological polar surface area (TPSA) is 86.5 Å². The van der Waals surface area contributed by atoms with Gasteiger partial charge in [-0.15, -0.1) is 11.7 Å². The Bertz CT molecular complexity index is 902. The molecule has 2 aromatic rings. The third-order valence-corrected chi connectivity index (χ3v) is 4.66. The number of carbonyl (C=O) groups is 1. The summed E-state index contributed by atoms with van der Waals surface area (Å²) in [5, 5.41) is 10.4. The van der Waals surface area contributed by atoms with Crippen LogP contribution in [0, 0.1) is 5.92 Å². The maximum Gasteiger partial charge on any atom is 0.387 e. The molecular formula is C21H25F2N3O4. The second-order valence-electron chi connectivity index (χ2n) is 8.21. The summed E-state index contributed by atoms with van der Waals surface area (Å²) in [6.07, 6.45) is 2.87. The Kier molecular flexibility index (Phi) is 6.38. The highest BCUT2D eigenvalue weighted by atomic mass is 19.3. The molecule has 1 heterocycles. The average Bonchev–Trinajstić information content (AvgIpc) is 3.08. The van der Waals surface area contributed by atoms with Crippen LogP contribution in [0.25, 0.3) is 0 Å². The highest BCUT2D eigenvalue weighted by Crippen LogP contribution is 2.37. The van der Waals surface area contributed by atoms with Crippen LogP contribution in [0.1, 0.15) is 45.1 Å². The van der Waals surface area contributed by atoms with E-state index in [4.69, 9.17) is 9.15 Å². The minimum Gasteiger partial charge on any atom is -0.486 e. The lowest BCUT2D eigenvalue weighted by Gasteiger charge is -2.34. The van der Waals surface area contributed by atoms with Crippen molar-refractivity contribution in [1.82, 2.24) is 10.2 Å². The van der Waals surface area contributed by atoms with E-state index in [-0.39, 0.29) is 40.9 Å². The number of halogens is 2. The molecule has 0 spiro atoms. The highest BCUT2D eigenvalue weighted by molar-refractivity contribution is 5.91. The van der Waals surface area contributed by atoms with E-state index in [9.17, 15) is 13.6 Å². The second-order valence-corrected chi connectivity index (χ2v) is 8.21. The second kappa shape index (κ2) is 8.81. The van der Waals surface area contributed by atoms with Gasteiger partial charge in [-0.25, -0.2) is 0 Å². The Morgan fingerprint density at radius 2 is 2.07 bits per heavy atom. The first-order chi connectivity index (χ1) is 14.2. The number of nitrogens with one attached hydrogen (secondary N) is 1. The lowest BCUT2D eigenvalue weighted by atomic mass is 9.81. The molecule has 7 nitrogen and oxygen atoms in total. The molecule has 1 aromatic carbocycles. The van der Waals surface area contributed by atoms with Gasteiger partial charge < -0.3 is 13.9 Å². The van der Waals surface area contributed by atoms with Gasteiger partial charge in [0.2, 0.25) is 11.8 Å². The molecule has 9 heteroatoms. The third kappa shape index (κ3) is 5.34. The van der Waals surface area contributed by atoms with Gasteiger partial charge in [0.05, 0.1) is 0 Å². The monoisotopic (exact) mass is 421 g/mol. The first kappa shape index (κ1) is 21.7. The normalized spacial score (nSPS) is 18.6. The molecule has 0 radical (unpaired) electrons. The van der Waals surface area contributed by atoms with Crippen LogP contribution in [-0.4, -0.2) is 28.8 Å². The standard InChI is InChI=1S/C21H25F2N3O4/c1-5-6-12-7-8-15(29-19(22)23)16(9-12)28-14-10-13(11-14)17(27)24-20-26-25-18(30-20)21(2,3)4/h5,7-9,13-14,19H,1,6,10-11H2,2-4H3,(H,24,26,27)/t13-,14-. The zero-order valence-electron chi connectivity index (χ0n) is 17.2. The number of anilines is 1. The van der Waals surface area contributed by atoms with E-state index in [0.717, 1.165) is 5.56 Å². The summed E-state index contributed by atoms with van der Waals surface area (Å²) in [7, 11) is 0. The van der Waals surface area contributed by atoms with Crippen molar-refractivity contribution in [3.63, 3.8) is 0 Å². The van der Waals surface area contributed by atoms with Crippen molar-refractivity contribution < 1.29 is 27.5 Å². The Labute approximate surface area is 173 Å². The SMILES string of the molecule is C=CCc1ccc(OC(F)F)c(O[C@H]2C[C@H](C(=O)Nc3nnc(C(C)(C)C)o3)C2)c1. The summed E-state index contributed by atoms with van der Waals surface area (Å²) in [6, 6.07) is 4.84. The van der Waals surface area contributed by atoms with E-state index in [1.807, 2.05) is 20.8 Å². The van der Waals surface area contributed by atoms with Gasteiger partial charge in [0.1, 0.15) is 6.10 Å². The number of hydrogen-bond donors (Lipinski definition) is 1. The first-order valence-corrected chi connectivity index (χ1v) is 9.66. The fourth-order valence-electron chi connectivity index (χ4n) is 2.97. The Balaban J connectivity index is 1.57. The zero-order valence-corrected chi connectivity index (χ0v) is 17.2. The summed E-state index contributed by atoms with van der Waals surface area (Å²) in [6.45, 7) is 6.50. The minimum absolute atomic E-state index is 0.0358. The molecule has 0 atom stereocenters. The molecule has 1 amide bonds. The van der Waals surface area contributed by atoms with Crippen LogP contribution >= 0.6 is 0 Å². The number of carbonyl (C=O) groups excluding carboxylic acids is 1. The predicted molar refractivity (Wildman–Crippen MR) is 106 cm³/mol. The lowest BCUT2D eigenvalue weighted by Crippen LogP contribution is -2.41. The van der Waals surface area contributed by atoms with Gasteiger partial charge in [-0.05, 0) is 37.0 Å². The maximum atomic E-state index is 12.7. The fraction of sp³-hybridized carbons (Fsp3) is 0.476. The van der Waals surface area contributed by atoms with Crippen LogP contribution in [0.2, 0.25) is 0 Å². The van der Waals surface area contributed by atoms with Crippen LogP contribution in [0.5, 0.6) is 11.5 Å². The van der Waals surface area contributed by atoms with E-state index < -0.39 is 6.61 Å². The van der Waals surface area contributed by atoms with Crippen molar-refractivity contribution in [1.29, 1.82) is 0 Å². The number of rotatable bonds is 8. The van der Waals surface area contributed by atoms with Crippen molar-refractivity contribution in [3.8, 4) is 11.5 Å². The van der Waals surface area contributed by atoms with Crippen LogP contribution in [-0.2, 0) is 16.6 Å². The molecular weight excluding hydrogens is 396 g/mol. The van der Waals surface area contributed by atoms with Crippen LogP contribution in [0.15, 0.2) is 35.3 Å². The molecule has 0 unspecified atom stereocenters. The number of alkyl halides is 2. The quantitative estimate of drug-likeness (QED) is 0.632. The van der Waals surface area contributed by atoms with Crippen molar-refractivity contribution in [3.05, 3.63) is 42.3 Å². The molecule has 3 rings (SSSR count). The van der Waals surface area contributed by atoms with Crippen LogP contribution in [0.3, 0.4) is 0 Å². The Morgan fingerprint density at radius 1 is 1.33 bits per heavy atom. The van der Waals surface area contributed by atoms with E-state index in [2.05, 4.69) is 26.8 Å². The Hall–Kier alpha value is -2.97. The van der Waals surface area contributed by atoms with Gasteiger partial charge in [-0.2, -0.15) is 8.78 Å². The van der Waals surface area contributed by atoms with E-state index in [1.54, 1.807) is 18.2 Å². The van der Waals surface area contributed by atoms with E-state index >= 15 is 0 Å². The molecule has 1 N–H and O–H groups in total. The third-order valence-electron chi connectivity index (χ3n) is 4.66. The number of hydrogen-bond acceptors (Lipinski definition) is 6. The molecule has 1 aromatic heterocycles. The summed E-state index contributed by atoms with van der Waals surface area (Å²) >= 11 is 0. The smallest absolute Gasteiger partial charge is 0.387 e. The molecule has 0 aliphatic heterocycles. The van der Waals surface area contributed by atoms with Crippen molar-refractivity contribution in [2.75, 3.05) is 5.32 Å². The van der Waals surface area contributed by atoms with Gasteiger partial charge in [0, 0.05) is 11.3 Å². The van der Waals surface area contributed by atoms with Crippen LogP contribution < -0.4 is 14.8 Å². The van der Waals surface area contributed by atoms with Crippen LogP contribution in [0.4, 0.5) is 14.8 Å². The van der Waals surface area contributed by atoms with Gasteiger partial charge in [0.25, 0.3) is 0 Å². The number of benzene rings is 1. The Morgan fingerprint density at radius 3 is 2.67 bits per heavy atom. The van der Waals surface area contributed by atoms with Crippen molar-refractivity contribution >= 4 is 11.9 Å². The number of ether oxygens (including phenoxy) is 2. The van der Waals surface area contributed by atoms with Crippen molar-refractivity contribution in [2.24, 2.45) is 5.92 Å². The molecule has 0 saturated heterocycles. The summed E-state index contributed by atoms with van der Waals surface area (Å²) < 4.78 is 41.2. The number of nitrogens with zero attached hydrogens (tertiary/aromatic N) is 2. The minimum atomic E-state index is -2.95. The zero-order chi connectivity index (χ0) is 21.9. The number of aromatic nitrogens is 2. The molecule has 1 aliphatic carbocycles. The molecule has 1 fully saturated rings. The van der Waals surface area contributed by atoms with Gasteiger partial charge in [-0.1, -0.05) is 38.0 Å². The van der Waals surface area contributed by atoms with E-state index in [1.165, 1.54) is 6.07 Å². The van der Waals surface area contributed by atoms with Gasteiger partial charge in [-0.3, -0.25) is 10.1 Å². The molecule has 30 heavy (non-hydrogen) atoms. The number of allylic oxidation sites excluding steroid dienone is 1. The van der Waals surface area contributed by atoms with Crippen molar-refractivity contribution in [2.45, 2.75) is 58.2 Å². The number of amides is 1. The van der Waals surface area contributed by atoms with E-state index in [0.29, 0.717) is 25.2 Å². The summed E-state index contributed by atoms with van der Waals surface area (Å²) in [5.74, 6) is 0.0781. The maximum absolute atomic E-state index is 12.7. The molecule has 0 bridgehead atoms. The summed E-state index contributed by atoms with van der Waals surface area (Å²) in [5.41, 5.74) is 0.546. The predicted octanol–water partition coefficient (Wildman–Crippen LogP) is 4.49. The first-order valence-electron chi connectivity index (χ1n) is 9.66. The molecule has 1 aliphatic rings. The highest BCUT2D eigenvalue weighted by Gasteiger charge is 2.37. The average molecular weight is 421 g/mol. The molecule has 1 saturated carbocycles. The molecule has 162 valence electrons. The van der Waals surface area contributed by atoms with Gasteiger partial charge in [0.15, 0.2) is 11.5 Å². The summed E-state index contributed by atoms with van der Waals surface area (Å²) in [4.78, 5) is 12.4. The lowest BCUT2D eigenvalue weighted by molar-refractivity contribution is -0.125. The fourth-order valence-corrected chi connectivity index (χ4v) is 2.97. The largest absolute Gasteiger partial charge is 0.486 e. The van der Waals surface area contributed by atoms with Gasteiger partial charge >= 0.3 is 12.6 Å².